The summed E-state index contributed by atoms with van der Waals surface area (Å²) in [5.41, 5.74) is 1.79. The Morgan fingerprint density at radius 1 is 1.00 bits per heavy atom. The Balaban J connectivity index is 0.00000218. The van der Waals surface area contributed by atoms with Crippen LogP contribution in [0.25, 0.3) is 0 Å². The summed E-state index contributed by atoms with van der Waals surface area (Å²) < 4.78 is 5.82. The van der Waals surface area contributed by atoms with Crippen LogP contribution in [0.5, 0.6) is 5.75 Å². The van der Waals surface area contributed by atoms with Crippen LogP contribution in [0.3, 0.4) is 0 Å². The van der Waals surface area contributed by atoms with E-state index in [1.807, 2.05) is 42.5 Å². The summed E-state index contributed by atoms with van der Waals surface area (Å²) in [6.45, 7) is 0.462. The van der Waals surface area contributed by atoms with Crippen molar-refractivity contribution < 1.29 is 15.8 Å². The predicted octanol–water partition coefficient (Wildman–Crippen LogP) is 5.24. The molecule has 1 N–H and O–H groups in total. The molecule has 152 valence electrons. The second kappa shape index (κ2) is 7.33. The lowest BCUT2D eigenvalue weighted by Crippen LogP contribution is -2.32. The Labute approximate surface area is 173 Å². The summed E-state index contributed by atoms with van der Waals surface area (Å²) in [4.78, 5) is 25.3. The normalized spacial score (nSPS) is 29.0. The van der Waals surface area contributed by atoms with Gasteiger partial charge in [0.1, 0.15) is 12.4 Å². The molecule has 4 saturated carbocycles. The van der Waals surface area contributed by atoms with Crippen molar-refractivity contribution >= 4 is 17.4 Å². The van der Waals surface area contributed by atoms with Crippen molar-refractivity contribution in [1.82, 2.24) is 0 Å². The first-order chi connectivity index (χ1) is 14.1. The molecule has 1 amide bonds. The number of nitrogens with one attached hydrogen (secondary N) is 1. The Kier molecular flexibility index (Phi) is 4.65. The topological polar surface area (TPSA) is 55.4 Å². The van der Waals surface area contributed by atoms with Gasteiger partial charge in [-0.25, -0.2) is 0 Å². The fourth-order valence-corrected chi connectivity index (χ4v) is 6.26. The van der Waals surface area contributed by atoms with Gasteiger partial charge in [0.2, 0.25) is 5.78 Å². The zero-order valence-electron chi connectivity index (χ0n) is 16.6. The number of ketones is 1. The number of benzene rings is 2. The first-order valence-electron chi connectivity index (χ1n) is 10.7. The second-order valence-electron chi connectivity index (χ2n) is 9.26. The number of hydrogen-bond acceptors (Lipinski definition) is 3. The molecule has 0 aromatic heterocycles. The lowest BCUT2D eigenvalue weighted by atomic mass is 9.72. The van der Waals surface area contributed by atoms with E-state index < -0.39 is 5.91 Å². The molecular formula is C25H29NO3. The molecule has 0 radical (unpaired) electrons. The maximum atomic E-state index is 12.7. The average Bonchev–Trinajstić information content (AvgIpc) is 3.10. The highest BCUT2D eigenvalue weighted by atomic mass is 16.5. The van der Waals surface area contributed by atoms with Gasteiger partial charge in [0.25, 0.3) is 5.91 Å². The summed E-state index contributed by atoms with van der Waals surface area (Å²) in [6.07, 6.45) is 6.60. The van der Waals surface area contributed by atoms with Crippen molar-refractivity contribution in [1.29, 1.82) is 0 Å². The largest absolute Gasteiger partial charge is 0.489 e. The quantitative estimate of drug-likeness (QED) is 0.657. The van der Waals surface area contributed by atoms with Crippen molar-refractivity contribution in [3.63, 3.8) is 0 Å². The molecule has 0 spiro atoms. The standard InChI is InChI=1S/C25H27NO3.H2/c27-23(15-25-13-18-9-19(14-25)11-20(25)10-18)24(28)26-21-7-4-8-22(12-21)29-16-17-5-2-1-3-6-17;/h1-8,12,18-20H,9-11,13-16H2,(H,26,28);1H. The summed E-state index contributed by atoms with van der Waals surface area (Å²) in [6, 6.07) is 17.2. The molecule has 2 aromatic carbocycles. The van der Waals surface area contributed by atoms with E-state index in [9.17, 15) is 9.59 Å². The highest BCUT2D eigenvalue weighted by molar-refractivity contribution is 6.40. The zero-order chi connectivity index (χ0) is 19.8. The lowest BCUT2D eigenvalue weighted by Gasteiger charge is -2.32. The fourth-order valence-electron chi connectivity index (χ4n) is 6.26. The van der Waals surface area contributed by atoms with E-state index in [2.05, 4.69) is 5.32 Å². The van der Waals surface area contributed by atoms with Gasteiger partial charge < -0.3 is 10.1 Å². The van der Waals surface area contributed by atoms with Gasteiger partial charge in [-0.05, 0) is 73.0 Å². The molecule has 4 fully saturated rings. The van der Waals surface area contributed by atoms with Crippen LogP contribution in [0.4, 0.5) is 5.69 Å². The summed E-state index contributed by atoms with van der Waals surface area (Å²) in [5.74, 6) is 2.16. The third kappa shape index (κ3) is 3.68. The minimum absolute atomic E-state index is 0. The molecule has 4 aliphatic carbocycles. The van der Waals surface area contributed by atoms with Gasteiger partial charge in [-0.15, -0.1) is 0 Å². The van der Waals surface area contributed by atoms with Crippen LogP contribution in [0.2, 0.25) is 0 Å². The molecule has 4 aliphatic rings. The number of carbonyl (C=O) groups is 2. The average molecular weight is 392 g/mol. The van der Waals surface area contributed by atoms with Crippen LogP contribution in [0.1, 0.15) is 45.5 Å². The second-order valence-corrected chi connectivity index (χ2v) is 9.26. The van der Waals surface area contributed by atoms with Gasteiger partial charge >= 0.3 is 0 Å². The SMILES string of the molecule is O=C(CC12CC3CC(CC1C3)C2)C(=O)Nc1cccc(OCc2ccccc2)c1.[HH]. The minimum atomic E-state index is -0.495. The molecule has 0 heterocycles. The molecule has 0 saturated heterocycles. The van der Waals surface area contributed by atoms with E-state index in [0.29, 0.717) is 30.4 Å². The molecule has 6 rings (SSSR count). The maximum absolute atomic E-state index is 12.7. The molecule has 4 nitrogen and oxygen atoms in total. The van der Waals surface area contributed by atoms with Crippen molar-refractivity contribution in [3.8, 4) is 5.75 Å². The summed E-state index contributed by atoms with van der Waals surface area (Å²) >= 11 is 0. The van der Waals surface area contributed by atoms with E-state index in [1.165, 1.54) is 19.3 Å². The number of ether oxygens (including phenoxy) is 1. The van der Waals surface area contributed by atoms with Crippen molar-refractivity contribution in [2.45, 2.75) is 45.1 Å². The number of amides is 1. The highest BCUT2D eigenvalue weighted by Crippen LogP contribution is 2.66. The number of Topliss-reactive ketones (excluding diaryl/α,β-unsaturated/α-hetero) is 1. The zero-order valence-corrected chi connectivity index (χ0v) is 16.6. The Morgan fingerprint density at radius 3 is 2.52 bits per heavy atom. The first kappa shape index (κ1) is 18.4. The molecule has 2 atom stereocenters. The predicted molar refractivity (Wildman–Crippen MR) is 114 cm³/mol. The van der Waals surface area contributed by atoms with Crippen LogP contribution < -0.4 is 10.1 Å². The third-order valence-electron chi connectivity index (χ3n) is 7.26. The molecule has 4 bridgehead atoms. The molecule has 2 aromatic rings. The molecule has 4 heteroatoms. The third-order valence-corrected chi connectivity index (χ3v) is 7.26. The monoisotopic (exact) mass is 391 g/mol. The first-order valence-corrected chi connectivity index (χ1v) is 10.7. The molecule has 29 heavy (non-hydrogen) atoms. The number of rotatable bonds is 7. The van der Waals surface area contributed by atoms with Gasteiger partial charge in [0, 0.05) is 19.6 Å². The van der Waals surface area contributed by atoms with Crippen LogP contribution in [0.15, 0.2) is 54.6 Å². The van der Waals surface area contributed by atoms with Crippen LogP contribution in [0, 0.1) is 23.2 Å². The fraction of sp³-hybridized carbons (Fsp3) is 0.440. The van der Waals surface area contributed by atoms with E-state index in [1.54, 1.807) is 12.1 Å². The van der Waals surface area contributed by atoms with Crippen LogP contribution >= 0.6 is 0 Å². The van der Waals surface area contributed by atoms with E-state index in [-0.39, 0.29) is 12.6 Å². The van der Waals surface area contributed by atoms with Gasteiger partial charge in [-0.1, -0.05) is 36.4 Å². The Hall–Kier alpha value is -2.62. The van der Waals surface area contributed by atoms with Crippen LogP contribution in [-0.4, -0.2) is 11.7 Å². The number of anilines is 1. The van der Waals surface area contributed by atoms with E-state index in [0.717, 1.165) is 30.2 Å². The molecular weight excluding hydrogens is 362 g/mol. The van der Waals surface area contributed by atoms with E-state index in [4.69, 9.17) is 4.74 Å². The van der Waals surface area contributed by atoms with Crippen molar-refractivity contribution in [2.24, 2.45) is 23.2 Å². The number of carbonyl (C=O) groups excluding carboxylic acids is 2. The maximum Gasteiger partial charge on any atom is 0.291 e. The van der Waals surface area contributed by atoms with Crippen LogP contribution in [-0.2, 0) is 16.2 Å². The van der Waals surface area contributed by atoms with Crippen molar-refractivity contribution in [2.75, 3.05) is 5.32 Å². The van der Waals surface area contributed by atoms with Gasteiger partial charge in [-0.2, -0.15) is 0 Å². The Morgan fingerprint density at radius 2 is 1.76 bits per heavy atom. The van der Waals surface area contributed by atoms with Crippen molar-refractivity contribution in [3.05, 3.63) is 60.2 Å². The van der Waals surface area contributed by atoms with Gasteiger partial charge in [-0.3, -0.25) is 9.59 Å². The lowest BCUT2D eigenvalue weighted by molar-refractivity contribution is -0.136. The molecule has 0 aliphatic heterocycles. The van der Waals surface area contributed by atoms with E-state index >= 15 is 0 Å². The Bertz CT molecular complexity index is 915. The smallest absolute Gasteiger partial charge is 0.291 e. The highest BCUT2D eigenvalue weighted by Gasteiger charge is 2.58. The van der Waals surface area contributed by atoms with Gasteiger partial charge in [0.15, 0.2) is 0 Å². The molecule has 2 unspecified atom stereocenters. The van der Waals surface area contributed by atoms with Gasteiger partial charge in [0.05, 0.1) is 0 Å². The number of hydrogen-bond donors (Lipinski definition) is 1. The minimum Gasteiger partial charge on any atom is -0.489 e. The summed E-state index contributed by atoms with van der Waals surface area (Å²) in [7, 11) is 0. The summed E-state index contributed by atoms with van der Waals surface area (Å²) in [5, 5.41) is 2.78.